The van der Waals surface area contributed by atoms with Crippen LogP contribution >= 0.6 is 12.1 Å². The van der Waals surface area contributed by atoms with Crippen molar-refractivity contribution in [3.05, 3.63) is 29.8 Å². The van der Waals surface area contributed by atoms with Gasteiger partial charge in [-0.05, 0) is 62.8 Å². The summed E-state index contributed by atoms with van der Waals surface area (Å²) >= 11 is 0.143. The molecule has 1 aromatic carbocycles. The van der Waals surface area contributed by atoms with Gasteiger partial charge in [-0.15, -0.1) is 0 Å². The monoisotopic (exact) mass is 455 g/mol. The predicted octanol–water partition coefficient (Wildman–Crippen LogP) is 2.21. The molecule has 1 fully saturated rings. The van der Waals surface area contributed by atoms with E-state index in [2.05, 4.69) is 5.32 Å². The third kappa shape index (κ3) is 7.48. The van der Waals surface area contributed by atoms with Crippen LogP contribution in [0.25, 0.3) is 0 Å². The van der Waals surface area contributed by atoms with E-state index in [0.29, 0.717) is 56.5 Å². The molecule has 1 saturated heterocycles. The smallest absolute Gasteiger partial charge is 0.326 e. The molecule has 1 aromatic rings. The second-order valence-corrected chi connectivity index (χ2v) is 8.31. The number of carbonyl (C=O) groups excluding carboxylic acids is 1. The number of nitrogens with zero attached hydrogens (tertiary/aromatic N) is 1. The minimum Gasteiger partial charge on any atom is -0.480 e. The Morgan fingerprint density at radius 1 is 1.16 bits per heavy atom. The lowest BCUT2D eigenvalue weighted by Gasteiger charge is -2.29. The quantitative estimate of drug-likeness (QED) is 0.333. The van der Waals surface area contributed by atoms with Gasteiger partial charge in [0.05, 0.1) is 18.2 Å². The topological polar surface area (TPSA) is 133 Å². The summed E-state index contributed by atoms with van der Waals surface area (Å²) < 4.78 is 12.6. The fourth-order valence-electron chi connectivity index (χ4n) is 3.80. The summed E-state index contributed by atoms with van der Waals surface area (Å²) in [6.45, 7) is 0.805. The molecule has 8 nitrogen and oxygen atoms in total. The Kier molecular flexibility index (Phi) is 10.2. The van der Waals surface area contributed by atoms with Crippen molar-refractivity contribution in [3.63, 3.8) is 0 Å². The Bertz CT molecular complexity index is 749. The summed E-state index contributed by atoms with van der Waals surface area (Å²) in [6.07, 6.45) is 3.36. The highest BCUT2D eigenvalue weighted by Crippen LogP contribution is 2.21. The summed E-state index contributed by atoms with van der Waals surface area (Å²) in [6, 6.07) is 4.09. The molecule has 0 radical (unpaired) electrons. The third-order valence-corrected chi connectivity index (χ3v) is 5.95. The van der Waals surface area contributed by atoms with Crippen LogP contribution in [-0.2, 0) is 20.8 Å². The molecule has 0 spiro atoms. The maximum absolute atomic E-state index is 13.1. The van der Waals surface area contributed by atoms with Gasteiger partial charge in [0.2, 0.25) is 5.91 Å². The van der Waals surface area contributed by atoms with E-state index < -0.39 is 30.1 Å². The van der Waals surface area contributed by atoms with Crippen LogP contribution in [-0.4, -0.2) is 64.2 Å². The Hall–Kier alpha value is -2.17. The minimum absolute atomic E-state index is 0.143. The van der Waals surface area contributed by atoms with Crippen LogP contribution in [0.4, 0.5) is 3.89 Å². The fourth-order valence-corrected chi connectivity index (χ4v) is 4.04. The molecular formula is C21H30FN3O5S. The third-order valence-electron chi connectivity index (χ3n) is 5.50. The van der Waals surface area contributed by atoms with Gasteiger partial charge in [0.25, 0.3) is 0 Å². The number of nitrogens with two attached hydrogens (primary N) is 1. The lowest BCUT2D eigenvalue weighted by atomic mass is 10.0. The number of hydrogen-bond donors (Lipinski definition) is 4. The number of aryl methyl sites for hydroxylation is 1. The molecule has 2 rings (SSSR count). The number of amides is 1. The SMILES string of the molecule is NCCCCC(NC(CCc1ccc(SF)cc1)C(=O)O)C(=O)N1CCCC1C(=O)O. The average molecular weight is 456 g/mol. The average Bonchev–Trinajstić information content (AvgIpc) is 3.25. The van der Waals surface area contributed by atoms with Crippen LogP contribution in [0, 0.1) is 0 Å². The Morgan fingerprint density at radius 2 is 1.87 bits per heavy atom. The van der Waals surface area contributed by atoms with E-state index in [0.717, 1.165) is 5.56 Å². The van der Waals surface area contributed by atoms with Gasteiger partial charge in [-0.1, -0.05) is 18.6 Å². The highest BCUT2D eigenvalue weighted by atomic mass is 32.2. The van der Waals surface area contributed by atoms with Crippen LogP contribution in [0.15, 0.2) is 29.2 Å². The summed E-state index contributed by atoms with van der Waals surface area (Å²) in [5.41, 5.74) is 6.41. The van der Waals surface area contributed by atoms with Gasteiger partial charge < -0.3 is 20.8 Å². The van der Waals surface area contributed by atoms with E-state index in [9.17, 15) is 28.5 Å². The molecule has 0 bridgehead atoms. The molecule has 1 amide bonds. The standard InChI is InChI=1S/C21H30FN3O5S/c22-31-15-9-6-14(7-10-15)8-11-17(20(27)28)24-16(4-1-2-12-23)19(26)25-13-3-5-18(25)21(29)30/h6-7,9-10,16-18,24H,1-5,8,11-13,23H2,(H,27,28)(H,29,30). The van der Waals surface area contributed by atoms with E-state index in [1.54, 1.807) is 24.3 Å². The van der Waals surface area contributed by atoms with Gasteiger partial charge in [-0.3, -0.25) is 14.9 Å². The zero-order chi connectivity index (χ0) is 22.8. The lowest BCUT2D eigenvalue weighted by Crippen LogP contribution is -2.54. The fraction of sp³-hybridized carbons (Fsp3) is 0.571. The number of benzene rings is 1. The number of carboxylic acid groups (broad SMARTS) is 2. The normalized spacial score (nSPS) is 18.0. The number of nitrogens with one attached hydrogen (secondary N) is 1. The molecule has 31 heavy (non-hydrogen) atoms. The maximum Gasteiger partial charge on any atom is 0.326 e. The molecule has 0 aliphatic carbocycles. The number of aliphatic carboxylic acids is 2. The molecule has 10 heteroatoms. The number of carbonyl (C=O) groups is 3. The van der Waals surface area contributed by atoms with Gasteiger partial charge in [0.1, 0.15) is 12.1 Å². The van der Waals surface area contributed by atoms with Crippen molar-refractivity contribution < 1.29 is 28.5 Å². The molecule has 1 aliphatic rings. The van der Waals surface area contributed by atoms with Crippen LogP contribution in [0.2, 0.25) is 0 Å². The Balaban J connectivity index is 2.08. The number of halogens is 1. The van der Waals surface area contributed by atoms with Gasteiger partial charge in [0, 0.05) is 11.4 Å². The van der Waals surface area contributed by atoms with Crippen LogP contribution in [0.5, 0.6) is 0 Å². The highest BCUT2D eigenvalue weighted by Gasteiger charge is 2.38. The molecule has 1 aliphatic heterocycles. The van der Waals surface area contributed by atoms with Crippen LogP contribution in [0.1, 0.15) is 44.1 Å². The first kappa shape index (κ1) is 25.1. The number of unbranched alkanes of at least 4 members (excludes halogenated alkanes) is 1. The second kappa shape index (κ2) is 12.6. The predicted molar refractivity (Wildman–Crippen MR) is 115 cm³/mol. The molecule has 3 unspecified atom stereocenters. The highest BCUT2D eigenvalue weighted by molar-refractivity contribution is 7.94. The van der Waals surface area contributed by atoms with Crippen molar-refractivity contribution in [2.24, 2.45) is 5.73 Å². The van der Waals surface area contributed by atoms with E-state index in [1.807, 2.05) is 0 Å². The number of carboxylic acids is 2. The maximum atomic E-state index is 13.1. The minimum atomic E-state index is -1.08. The van der Waals surface area contributed by atoms with E-state index in [-0.39, 0.29) is 24.5 Å². The van der Waals surface area contributed by atoms with E-state index in [1.165, 1.54) is 4.90 Å². The number of likely N-dealkylation sites (tertiary alicyclic amines) is 1. The van der Waals surface area contributed by atoms with Gasteiger partial charge in [-0.25, -0.2) is 4.79 Å². The molecule has 0 aromatic heterocycles. The molecular weight excluding hydrogens is 425 g/mol. The summed E-state index contributed by atoms with van der Waals surface area (Å²) in [5.74, 6) is -2.50. The van der Waals surface area contributed by atoms with Gasteiger partial charge in [0.15, 0.2) is 0 Å². The zero-order valence-corrected chi connectivity index (χ0v) is 18.2. The van der Waals surface area contributed by atoms with Gasteiger partial charge >= 0.3 is 11.9 Å². The molecule has 0 saturated carbocycles. The molecule has 1 heterocycles. The van der Waals surface area contributed by atoms with Crippen molar-refractivity contribution in [1.82, 2.24) is 10.2 Å². The summed E-state index contributed by atoms with van der Waals surface area (Å²) in [5, 5.41) is 22.0. The van der Waals surface area contributed by atoms with Crippen molar-refractivity contribution in [2.75, 3.05) is 13.1 Å². The largest absolute Gasteiger partial charge is 0.480 e. The number of rotatable bonds is 13. The van der Waals surface area contributed by atoms with E-state index in [4.69, 9.17) is 5.73 Å². The van der Waals surface area contributed by atoms with Crippen molar-refractivity contribution in [3.8, 4) is 0 Å². The van der Waals surface area contributed by atoms with Gasteiger partial charge in [-0.2, -0.15) is 3.89 Å². The lowest BCUT2D eigenvalue weighted by molar-refractivity contribution is -0.149. The first-order chi connectivity index (χ1) is 14.9. The van der Waals surface area contributed by atoms with Crippen molar-refractivity contribution in [1.29, 1.82) is 0 Å². The summed E-state index contributed by atoms with van der Waals surface area (Å²) in [7, 11) is 0. The molecule has 3 atom stereocenters. The van der Waals surface area contributed by atoms with E-state index >= 15 is 0 Å². The van der Waals surface area contributed by atoms with Crippen LogP contribution < -0.4 is 11.1 Å². The Morgan fingerprint density at radius 3 is 2.45 bits per heavy atom. The molecule has 172 valence electrons. The summed E-state index contributed by atoms with van der Waals surface area (Å²) in [4.78, 5) is 38.2. The Labute approximate surface area is 185 Å². The van der Waals surface area contributed by atoms with Crippen molar-refractivity contribution >= 4 is 30.0 Å². The first-order valence-electron chi connectivity index (χ1n) is 10.5. The van der Waals surface area contributed by atoms with Crippen molar-refractivity contribution in [2.45, 2.75) is 68.0 Å². The number of hydrogen-bond acceptors (Lipinski definition) is 6. The molecule has 5 N–H and O–H groups in total. The van der Waals surface area contributed by atoms with Crippen LogP contribution in [0.3, 0.4) is 0 Å². The second-order valence-electron chi connectivity index (χ2n) is 7.68. The first-order valence-corrected chi connectivity index (χ1v) is 11.2. The zero-order valence-electron chi connectivity index (χ0n) is 17.3.